The van der Waals surface area contributed by atoms with E-state index in [2.05, 4.69) is 29.1 Å². The summed E-state index contributed by atoms with van der Waals surface area (Å²) >= 11 is 1.56. The van der Waals surface area contributed by atoms with E-state index in [0.29, 0.717) is 11.5 Å². The molecule has 0 radical (unpaired) electrons. The Morgan fingerprint density at radius 3 is 2.20 bits per heavy atom. The number of aliphatic hydroxyl groups is 1. The molecule has 3 atom stereocenters. The van der Waals surface area contributed by atoms with Crippen molar-refractivity contribution in [2.75, 3.05) is 38.7 Å². The predicted molar refractivity (Wildman–Crippen MR) is 178 cm³/mol. The smallest absolute Gasteiger partial charge is 0.408 e. The number of amides is 3. The quantitative estimate of drug-likeness (QED) is 0.0801. The summed E-state index contributed by atoms with van der Waals surface area (Å²) in [6, 6.07) is 17.3. The first-order valence-electron chi connectivity index (χ1n) is 15.1. The van der Waals surface area contributed by atoms with Gasteiger partial charge in [-0.25, -0.2) is 9.59 Å². The molecule has 0 aliphatic rings. The maximum atomic E-state index is 13.3. The molecule has 250 valence electrons. The minimum absolute atomic E-state index is 0.0384. The van der Waals surface area contributed by atoms with Gasteiger partial charge in [0.15, 0.2) is 0 Å². The van der Waals surface area contributed by atoms with Crippen LogP contribution in [-0.2, 0) is 41.0 Å². The molecule has 2 aromatic rings. The normalized spacial score (nSPS) is 12.5. The topological polar surface area (TPSA) is 152 Å². The molecule has 0 aliphatic heterocycles. The summed E-state index contributed by atoms with van der Waals surface area (Å²) in [7, 11) is 0. The van der Waals surface area contributed by atoms with Crippen LogP contribution in [0.5, 0.6) is 0 Å². The molecule has 0 heterocycles. The summed E-state index contributed by atoms with van der Waals surface area (Å²) in [6.45, 7) is 7.81. The molecule has 3 amide bonds. The van der Waals surface area contributed by atoms with E-state index in [4.69, 9.17) is 19.3 Å². The predicted octanol–water partition coefficient (Wildman–Crippen LogP) is 3.53. The van der Waals surface area contributed by atoms with Crippen LogP contribution >= 0.6 is 11.8 Å². The molecule has 12 heteroatoms. The molecule has 2 aromatic carbocycles. The molecule has 4 N–H and O–H groups in total. The van der Waals surface area contributed by atoms with Crippen molar-refractivity contribution in [2.24, 2.45) is 5.92 Å². The monoisotopic (exact) mass is 655 g/mol. The molecule has 2 rings (SSSR count). The molecule has 46 heavy (non-hydrogen) atoms. The van der Waals surface area contributed by atoms with Crippen LogP contribution in [-0.4, -0.2) is 79.8 Å². The lowest BCUT2D eigenvalue weighted by Gasteiger charge is -2.23. The van der Waals surface area contributed by atoms with Crippen LogP contribution in [0.1, 0.15) is 30.4 Å². The molecule has 0 aliphatic carbocycles. The number of alkyl carbamates (subject to hydrolysis) is 1. The average molecular weight is 656 g/mol. The van der Waals surface area contributed by atoms with Gasteiger partial charge >= 0.3 is 12.1 Å². The van der Waals surface area contributed by atoms with Crippen LogP contribution in [0, 0.1) is 5.92 Å². The molecule has 0 spiro atoms. The van der Waals surface area contributed by atoms with Crippen molar-refractivity contribution in [3.8, 4) is 0 Å². The maximum Gasteiger partial charge on any atom is 0.408 e. The lowest BCUT2D eigenvalue weighted by Crippen LogP contribution is -2.46. The van der Waals surface area contributed by atoms with Gasteiger partial charge in [-0.05, 0) is 24.0 Å². The third-order valence-electron chi connectivity index (χ3n) is 6.45. The number of aliphatic hydroxyl groups excluding tert-OH is 1. The first kappa shape index (κ1) is 38.1. The summed E-state index contributed by atoms with van der Waals surface area (Å²) in [5, 5.41) is 16.9. The molecular formula is C34H45N3O8S. The average Bonchev–Trinajstić information content (AvgIpc) is 3.06. The van der Waals surface area contributed by atoms with Gasteiger partial charge in [-0.2, -0.15) is 11.8 Å². The molecule has 0 saturated heterocycles. The zero-order valence-corrected chi connectivity index (χ0v) is 26.9. The fourth-order valence-corrected chi connectivity index (χ4v) is 5.13. The molecule has 0 saturated carbocycles. The van der Waals surface area contributed by atoms with Crippen molar-refractivity contribution in [3.05, 3.63) is 97.1 Å². The molecule has 0 fully saturated rings. The molecule has 11 nitrogen and oxygen atoms in total. The third kappa shape index (κ3) is 16.3. The maximum absolute atomic E-state index is 13.3. The highest BCUT2D eigenvalue weighted by molar-refractivity contribution is 7.98. The first-order chi connectivity index (χ1) is 22.4. The molecule has 0 bridgehead atoms. The minimum Gasteiger partial charge on any atom is -0.462 e. The van der Waals surface area contributed by atoms with Gasteiger partial charge in [-0.1, -0.05) is 72.8 Å². The van der Waals surface area contributed by atoms with E-state index in [1.807, 2.05) is 60.7 Å². The number of hydrogen-bond donors (Lipinski definition) is 4. The molecular weight excluding hydrogens is 610 g/mol. The first-order valence-corrected chi connectivity index (χ1v) is 16.2. The zero-order valence-electron chi connectivity index (χ0n) is 26.1. The Balaban J connectivity index is 2.00. The van der Waals surface area contributed by atoms with E-state index in [1.165, 1.54) is 6.08 Å². The Bertz CT molecular complexity index is 1220. The van der Waals surface area contributed by atoms with Gasteiger partial charge in [0.25, 0.3) is 0 Å². The van der Waals surface area contributed by atoms with E-state index in [1.54, 1.807) is 17.8 Å². The Kier molecular flexibility index (Phi) is 19.2. The number of ether oxygens (including phenoxy) is 3. The van der Waals surface area contributed by atoms with Crippen LogP contribution in [0.2, 0.25) is 0 Å². The van der Waals surface area contributed by atoms with Crippen LogP contribution < -0.4 is 16.0 Å². The van der Waals surface area contributed by atoms with Crippen LogP contribution in [0.25, 0.3) is 0 Å². The van der Waals surface area contributed by atoms with Gasteiger partial charge < -0.3 is 35.3 Å². The second kappa shape index (κ2) is 23.2. The highest BCUT2D eigenvalue weighted by Gasteiger charge is 2.26. The van der Waals surface area contributed by atoms with Crippen LogP contribution in [0.3, 0.4) is 0 Å². The Labute approximate surface area is 275 Å². The number of hydrogen-bond acceptors (Lipinski definition) is 9. The van der Waals surface area contributed by atoms with E-state index in [-0.39, 0.29) is 70.7 Å². The highest BCUT2D eigenvalue weighted by Crippen LogP contribution is 2.15. The van der Waals surface area contributed by atoms with Crippen molar-refractivity contribution in [3.63, 3.8) is 0 Å². The van der Waals surface area contributed by atoms with E-state index < -0.39 is 30.1 Å². The second-order valence-corrected chi connectivity index (χ2v) is 11.3. The van der Waals surface area contributed by atoms with Crippen molar-refractivity contribution in [1.29, 1.82) is 0 Å². The molecule has 0 aromatic heterocycles. The second-order valence-electron chi connectivity index (χ2n) is 10.2. The fourth-order valence-electron chi connectivity index (χ4n) is 4.12. The number of nitrogens with one attached hydrogen (secondary N) is 3. The molecule has 0 unspecified atom stereocenters. The largest absolute Gasteiger partial charge is 0.462 e. The number of rotatable bonds is 23. The van der Waals surface area contributed by atoms with Gasteiger partial charge in [0.1, 0.15) is 19.3 Å². The summed E-state index contributed by atoms with van der Waals surface area (Å²) in [5.74, 6) is -1.00. The number of benzene rings is 2. The fraction of sp³-hybridized carbons (Fsp3) is 0.412. The van der Waals surface area contributed by atoms with Gasteiger partial charge in [-0.15, -0.1) is 13.2 Å². The SMILES string of the molecule is C=CC[C@@H](CC(=O)NCCOCCO)C(=O)N[C@H](COC(=O)[C@@H](CC=C)NC(=O)OCc1ccccc1)CSCc1ccccc1. The number of allylic oxidation sites excluding steroid dienone is 1. The highest BCUT2D eigenvalue weighted by atomic mass is 32.2. The Morgan fingerprint density at radius 2 is 1.54 bits per heavy atom. The summed E-state index contributed by atoms with van der Waals surface area (Å²) in [5.41, 5.74) is 1.90. The van der Waals surface area contributed by atoms with E-state index in [0.717, 1.165) is 11.1 Å². The summed E-state index contributed by atoms with van der Waals surface area (Å²) < 4.78 is 16.0. The third-order valence-corrected chi connectivity index (χ3v) is 7.63. The van der Waals surface area contributed by atoms with Crippen molar-refractivity contribution < 1.29 is 38.5 Å². The minimum atomic E-state index is -1.03. The summed E-state index contributed by atoms with van der Waals surface area (Å²) in [4.78, 5) is 51.2. The number of carbonyl (C=O) groups excluding carboxylic acids is 4. The standard InChI is InChI=1S/C34H45N3O8S/c1-3-11-28(21-31(39)35-17-19-43-20-18-38)32(40)36-29(25-46-24-27-15-9-6-10-16-27)23-44-33(41)30(12-4-2)37-34(42)45-22-26-13-7-5-8-14-26/h3-10,13-16,28-30,38H,1-2,11-12,17-25H2,(H,35,39)(H,36,40)(H,37,42)/t28-,29+,30+/m0/s1. The Morgan fingerprint density at radius 1 is 0.870 bits per heavy atom. The summed E-state index contributed by atoms with van der Waals surface area (Å²) in [6.07, 6.45) is 2.59. The lowest BCUT2D eigenvalue weighted by molar-refractivity contribution is -0.147. The number of esters is 1. The Hall–Kier alpha value is -4.13. The lowest BCUT2D eigenvalue weighted by atomic mass is 9.99. The van der Waals surface area contributed by atoms with Crippen LogP contribution in [0.15, 0.2) is 86.0 Å². The number of carbonyl (C=O) groups is 4. The number of thioether (sulfide) groups is 1. The van der Waals surface area contributed by atoms with Gasteiger partial charge in [0.05, 0.1) is 31.8 Å². The van der Waals surface area contributed by atoms with Crippen molar-refractivity contribution in [2.45, 2.75) is 43.7 Å². The zero-order chi connectivity index (χ0) is 33.4. The van der Waals surface area contributed by atoms with Gasteiger partial charge in [-0.3, -0.25) is 9.59 Å². The van der Waals surface area contributed by atoms with E-state index >= 15 is 0 Å². The van der Waals surface area contributed by atoms with Crippen molar-refractivity contribution >= 4 is 35.6 Å². The van der Waals surface area contributed by atoms with Gasteiger partial charge in [0, 0.05) is 24.5 Å². The van der Waals surface area contributed by atoms with E-state index in [9.17, 15) is 19.2 Å². The van der Waals surface area contributed by atoms with Gasteiger partial charge in [0.2, 0.25) is 11.8 Å². The van der Waals surface area contributed by atoms with Crippen LogP contribution in [0.4, 0.5) is 4.79 Å². The van der Waals surface area contributed by atoms with Crippen molar-refractivity contribution in [1.82, 2.24) is 16.0 Å².